The van der Waals surface area contributed by atoms with Crippen LogP contribution in [-0.4, -0.2) is 9.13 Å². The summed E-state index contributed by atoms with van der Waals surface area (Å²) in [5.41, 5.74) is 18.9. The lowest BCUT2D eigenvalue weighted by Gasteiger charge is -2.26. The Bertz CT molecular complexity index is 3470. The summed E-state index contributed by atoms with van der Waals surface area (Å²) in [6.07, 6.45) is 0. The van der Waals surface area contributed by atoms with Crippen LogP contribution in [0.15, 0.2) is 243 Å². The highest BCUT2D eigenvalue weighted by Crippen LogP contribution is 2.41. The summed E-state index contributed by atoms with van der Waals surface area (Å²) in [5, 5.41) is 5.20. The maximum absolute atomic E-state index is 2.41. The van der Waals surface area contributed by atoms with E-state index in [1.54, 1.807) is 0 Å². The molecule has 2 aromatic heterocycles. The van der Waals surface area contributed by atoms with Crippen LogP contribution in [0.2, 0.25) is 0 Å². The van der Waals surface area contributed by atoms with E-state index in [1.165, 1.54) is 65.9 Å². The van der Waals surface area contributed by atoms with Crippen LogP contribution in [0.3, 0.4) is 0 Å². The monoisotopic (exact) mass is 874 g/mol. The Morgan fingerprint density at radius 1 is 0.250 bits per heavy atom. The Balaban J connectivity index is 0.819. The first kappa shape index (κ1) is 40.9. The number of anilines is 6. The molecule has 10 aromatic carbocycles. The van der Waals surface area contributed by atoms with Crippen LogP contribution in [0.5, 0.6) is 0 Å². The number of fused-ring (bicyclic) bond motifs is 6. The van der Waals surface area contributed by atoms with Gasteiger partial charge in [0.15, 0.2) is 0 Å². The first-order valence-electron chi connectivity index (χ1n) is 23.8. The number of aromatic nitrogens is 2. The number of nitrogens with zero attached hydrogens (tertiary/aromatic N) is 4. The summed E-state index contributed by atoms with van der Waals surface area (Å²) in [4.78, 5) is 4.67. The predicted octanol–water partition coefficient (Wildman–Crippen LogP) is 17.9. The molecule has 12 rings (SSSR count). The molecular formula is C64H50N4. The normalized spacial score (nSPS) is 11.5. The fourth-order valence-corrected chi connectivity index (χ4v) is 10.4. The van der Waals surface area contributed by atoms with Gasteiger partial charge in [0, 0.05) is 90.8 Å². The maximum Gasteiger partial charge on any atom is 0.0491 e. The van der Waals surface area contributed by atoms with Crippen LogP contribution in [-0.2, 0) is 13.1 Å². The van der Waals surface area contributed by atoms with Crippen molar-refractivity contribution >= 4 is 77.7 Å². The molecule has 2 heterocycles. The van der Waals surface area contributed by atoms with Crippen molar-refractivity contribution in [1.29, 1.82) is 0 Å². The number of para-hydroxylation sites is 4. The third-order valence-electron chi connectivity index (χ3n) is 13.7. The van der Waals surface area contributed by atoms with Crippen molar-refractivity contribution in [2.75, 3.05) is 9.80 Å². The molecule has 0 radical (unpaired) electrons. The van der Waals surface area contributed by atoms with Gasteiger partial charge in [-0.2, -0.15) is 0 Å². The van der Waals surface area contributed by atoms with Crippen molar-refractivity contribution in [1.82, 2.24) is 9.13 Å². The first-order valence-corrected chi connectivity index (χ1v) is 23.8. The average molecular weight is 875 g/mol. The molecule has 68 heavy (non-hydrogen) atoms. The van der Waals surface area contributed by atoms with Crippen molar-refractivity contribution in [2.45, 2.75) is 26.9 Å². The zero-order chi connectivity index (χ0) is 45.6. The van der Waals surface area contributed by atoms with Crippen molar-refractivity contribution < 1.29 is 0 Å². The number of hydrogen-bond acceptors (Lipinski definition) is 2. The van der Waals surface area contributed by atoms with Crippen molar-refractivity contribution in [3.63, 3.8) is 0 Å². The number of benzene rings is 10. The van der Waals surface area contributed by atoms with Crippen molar-refractivity contribution in [3.05, 3.63) is 243 Å². The highest BCUT2D eigenvalue weighted by molar-refractivity contribution is 6.10. The zero-order valence-corrected chi connectivity index (χ0v) is 38.3. The van der Waals surface area contributed by atoms with E-state index in [4.69, 9.17) is 0 Å². The molecule has 0 spiro atoms. The summed E-state index contributed by atoms with van der Waals surface area (Å²) < 4.78 is 4.81. The molecule has 0 saturated heterocycles. The van der Waals surface area contributed by atoms with Gasteiger partial charge in [-0.1, -0.05) is 133 Å². The van der Waals surface area contributed by atoms with Crippen LogP contribution < -0.4 is 9.80 Å². The topological polar surface area (TPSA) is 16.3 Å². The molecule has 0 aliphatic carbocycles. The van der Waals surface area contributed by atoms with E-state index in [-0.39, 0.29) is 0 Å². The van der Waals surface area contributed by atoms with Gasteiger partial charge < -0.3 is 18.9 Å². The molecular weight excluding hydrogens is 825 g/mol. The molecule has 0 atom stereocenters. The minimum atomic E-state index is 0.941. The van der Waals surface area contributed by atoms with Gasteiger partial charge in [-0.05, 0) is 156 Å². The lowest BCUT2D eigenvalue weighted by Crippen LogP contribution is -2.10. The maximum atomic E-state index is 2.41. The van der Waals surface area contributed by atoms with E-state index < -0.39 is 0 Å². The highest BCUT2D eigenvalue weighted by Gasteiger charge is 2.17. The summed E-state index contributed by atoms with van der Waals surface area (Å²) in [7, 11) is 0. The van der Waals surface area contributed by atoms with Gasteiger partial charge in [-0.3, -0.25) is 0 Å². The zero-order valence-electron chi connectivity index (χ0n) is 38.3. The number of hydrogen-bond donors (Lipinski definition) is 0. The molecule has 0 aliphatic rings. The van der Waals surface area contributed by atoms with Crippen molar-refractivity contribution in [2.24, 2.45) is 0 Å². The van der Waals surface area contributed by atoms with Crippen LogP contribution in [0.25, 0.3) is 77.0 Å². The summed E-state index contributed by atoms with van der Waals surface area (Å²) in [6.45, 7) is 6.32. The summed E-state index contributed by atoms with van der Waals surface area (Å²) in [6, 6.07) is 88.4. The standard InChI is InChI=1S/C64H50N4/c1-3-65-61-21-13-11-19-57(61)59-43-49(31-41-63(59)65)47-27-37-55(38-28-47)67(51-15-7-5-8-16-51)53-33-23-45(24-34-53)46-25-35-54(36-26-46)68(52-17-9-6-10-18-52)56-39-29-48(30-40-56)50-32-42-64-60(44-50)58-20-12-14-22-62(58)66(64)4-2/h5-44H,3-4H2,1-2H3. The second kappa shape index (κ2) is 17.3. The van der Waals surface area contributed by atoms with Gasteiger partial charge in [0.1, 0.15) is 0 Å². The molecule has 0 saturated carbocycles. The molecule has 0 amide bonds. The molecule has 326 valence electrons. The van der Waals surface area contributed by atoms with E-state index in [9.17, 15) is 0 Å². The molecule has 0 N–H and O–H groups in total. The van der Waals surface area contributed by atoms with Gasteiger partial charge >= 0.3 is 0 Å². The van der Waals surface area contributed by atoms with Gasteiger partial charge in [-0.15, -0.1) is 0 Å². The van der Waals surface area contributed by atoms with E-state index in [2.05, 4.69) is 275 Å². The molecule has 4 nitrogen and oxygen atoms in total. The Morgan fingerprint density at radius 2 is 0.515 bits per heavy atom. The lowest BCUT2D eigenvalue weighted by molar-refractivity contribution is 0.827. The Labute approximate surface area is 397 Å². The van der Waals surface area contributed by atoms with Crippen LogP contribution in [0, 0.1) is 0 Å². The van der Waals surface area contributed by atoms with Gasteiger partial charge in [0.25, 0.3) is 0 Å². The highest BCUT2D eigenvalue weighted by atomic mass is 15.1. The fourth-order valence-electron chi connectivity index (χ4n) is 10.4. The smallest absolute Gasteiger partial charge is 0.0491 e. The Kier molecular flexibility index (Phi) is 10.4. The summed E-state index contributed by atoms with van der Waals surface area (Å²) >= 11 is 0. The second-order valence-corrected chi connectivity index (χ2v) is 17.5. The fraction of sp³-hybridized carbons (Fsp3) is 0.0625. The van der Waals surface area contributed by atoms with Crippen LogP contribution >= 0.6 is 0 Å². The average Bonchev–Trinajstić information content (AvgIpc) is 3.91. The number of aryl methyl sites for hydroxylation is 2. The Hall–Kier alpha value is -8.60. The molecule has 0 unspecified atom stereocenters. The molecule has 12 aromatic rings. The summed E-state index contributed by atoms with van der Waals surface area (Å²) in [5.74, 6) is 0. The number of rotatable bonds is 11. The third-order valence-corrected chi connectivity index (χ3v) is 13.7. The van der Waals surface area contributed by atoms with Crippen molar-refractivity contribution in [3.8, 4) is 33.4 Å². The van der Waals surface area contributed by atoms with E-state index in [1.807, 2.05) is 0 Å². The Morgan fingerprint density at radius 3 is 0.853 bits per heavy atom. The van der Waals surface area contributed by atoms with E-state index in [0.29, 0.717) is 0 Å². The second-order valence-electron chi connectivity index (χ2n) is 17.5. The quantitative estimate of drug-likeness (QED) is 0.129. The molecule has 0 bridgehead atoms. The molecule has 0 fully saturated rings. The predicted molar refractivity (Wildman–Crippen MR) is 289 cm³/mol. The van der Waals surface area contributed by atoms with Gasteiger partial charge in [0.2, 0.25) is 0 Å². The van der Waals surface area contributed by atoms with Crippen LogP contribution in [0.1, 0.15) is 13.8 Å². The first-order chi connectivity index (χ1) is 33.6. The largest absolute Gasteiger partial charge is 0.341 e. The minimum Gasteiger partial charge on any atom is -0.341 e. The van der Waals surface area contributed by atoms with E-state index >= 15 is 0 Å². The molecule has 0 aliphatic heterocycles. The third kappa shape index (κ3) is 7.19. The van der Waals surface area contributed by atoms with E-state index in [0.717, 1.165) is 58.3 Å². The van der Waals surface area contributed by atoms with Gasteiger partial charge in [-0.25, -0.2) is 0 Å². The van der Waals surface area contributed by atoms with Gasteiger partial charge in [0.05, 0.1) is 0 Å². The van der Waals surface area contributed by atoms with Crippen LogP contribution in [0.4, 0.5) is 34.1 Å². The minimum absolute atomic E-state index is 0.941. The lowest BCUT2D eigenvalue weighted by atomic mass is 10.0. The SMILES string of the molecule is CCn1c2ccccc2c2cc(-c3ccc(N(c4ccccc4)c4ccc(-c5ccc(N(c6ccccc6)c6ccc(-c7ccc8c(c7)c7ccccc7n8CC)cc6)cc5)cc4)cc3)ccc21. The molecule has 4 heteroatoms.